The summed E-state index contributed by atoms with van der Waals surface area (Å²) in [4.78, 5) is 0. The van der Waals surface area contributed by atoms with Gasteiger partial charge >= 0.3 is 12.1 Å². The topological polar surface area (TPSA) is 0 Å². The van der Waals surface area contributed by atoms with E-state index in [9.17, 15) is 22.0 Å². The minimum atomic E-state index is -5.44. The van der Waals surface area contributed by atoms with Crippen LogP contribution in [0.3, 0.4) is 0 Å². The maximum Gasteiger partial charge on any atom is 0.453 e. The van der Waals surface area contributed by atoms with Crippen LogP contribution < -0.4 is 0 Å². The first-order valence-electron chi connectivity index (χ1n) is 6.21. The summed E-state index contributed by atoms with van der Waals surface area (Å²) in [5.41, 5.74) is 0. The monoisotopic (exact) mass is 386 g/mol. The molecular weight excluding hydrogens is 366 g/mol. The van der Waals surface area contributed by atoms with Crippen molar-refractivity contribution in [1.29, 1.82) is 0 Å². The Morgan fingerprint density at radius 1 is 0.889 bits per heavy atom. The van der Waals surface area contributed by atoms with Crippen molar-refractivity contribution in [2.75, 3.05) is 0 Å². The van der Waals surface area contributed by atoms with Crippen molar-refractivity contribution in [1.82, 2.24) is 0 Å². The lowest BCUT2D eigenvalue weighted by Gasteiger charge is -2.31. The average molecular weight is 386 g/mol. The number of alkyl halides is 6. The maximum absolute atomic E-state index is 13.1. The van der Waals surface area contributed by atoms with Crippen LogP contribution in [-0.4, -0.2) is 15.5 Å². The van der Waals surface area contributed by atoms with Gasteiger partial charge in [0.25, 0.3) is 0 Å². The first-order valence-corrected chi connectivity index (χ1v) is 7.29. The van der Waals surface area contributed by atoms with Crippen LogP contribution in [0.1, 0.15) is 58.8 Å². The minimum Gasteiger partial charge on any atom is -0.196 e. The van der Waals surface area contributed by atoms with Crippen LogP contribution in [-0.2, 0) is 0 Å². The molecule has 0 N–H and O–H groups in total. The Hall–Kier alpha value is 0.380. The smallest absolute Gasteiger partial charge is 0.196 e. The lowest BCUT2D eigenvalue weighted by Crippen LogP contribution is -2.42. The standard InChI is InChI=1S/C12H20F5I/c1-3-5-6-7-8-10(18,4-2)9-11(13,14)12(15,16)17/h3-9H2,1-2H3. The predicted molar refractivity (Wildman–Crippen MR) is 71.4 cm³/mol. The zero-order valence-electron chi connectivity index (χ0n) is 10.7. The summed E-state index contributed by atoms with van der Waals surface area (Å²) in [6.07, 6.45) is -2.22. The van der Waals surface area contributed by atoms with Gasteiger partial charge in [-0.2, -0.15) is 22.0 Å². The molecule has 0 aromatic rings. The highest BCUT2D eigenvalue weighted by molar-refractivity contribution is 14.1. The van der Waals surface area contributed by atoms with E-state index in [2.05, 4.69) is 0 Å². The van der Waals surface area contributed by atoms with Gasteiger partial charge in [0.2, 0.25) is 0 Å². The fourth-order valence-electron chi connectivity index (χ4n) is 1.76. The zero-order valence-corrected chi connectivity index (χ0v) is 12.9. The van der Waals surface area contributed by atoms with Crippen molar-refractivity contribution in [3.05, 3.63) is 0 Å². The highest BCUT2D eigenvalue weighted by Crippen LogP contribution is 2.46. The summed E-state index contributed by atoms with van der Waals surface area (Å²) in [6, 6.07) is 0. The van der Waals surface area contributed by atoms with E-state index in [0.717, 1.165) is 19.3 Å². The Morgan fingerprint density at radius 3 is 1.83 bits per heavy atom. The highest BCUT2D eigenvalue weighted by Gasteiger charge is 2.59. The molecule has 1 atom stereocenters. The van der Waals surface area contributed by atoms with Crippen LogP contribution in [0.15, 0.2) is 0 Å². The minimum absolute atomic E-state index is 0.325. The van der Waals surface area contributed by atoms with Crippen LogP contribution in [0.25, 0.3) is 0 Å². The molecular formula is C12H20F5I. The van der Waals surface area contributed by atoms with Crippen molar-refractivity contribution < 1.29 is 22.0 Å². The van der Waals surface area contributed by atoms with Crippen molar-refractivity contribution >= 4 is 22.6 Å². The number of rotatable bonds is 8. The number of hydrogen-bond acceptors (Lipinski definition) is 0. The molecule has 0 saturated carbocycles. The Labute approximate surface area is 119 Å². The van der Waals surface area contributed by atoms with Crippen LogP contribution in [0, 0.1) is 0 Å². The molecule has 0 heterocycles. The Morgan fingerprint density at radius 2 is 1.44 bits per heavy atom. The first kappa shape index (κ1) is 18.4. The lowest BCUT2D eigenvalue weighted by atomic mass is 9.91. The molecule has 0 aromatic carbocycles. The third-order valence-corrected chi connectivity index (χ3v) is 4.75. The van der Waals surface area contributed by atoms with Crippen LogP contribution >= 0.6 is 22.6 Å². The summed E-state index contributed by atoms with van der Waals surface area (Å²) in [7, 11) is 0. The van der Waals surface area contributed by atoms with E-state index in [1.54, 1.807) is 29.5 Å². The van der Waals surface area contributed by atoms with Gasteiger partial charge < -0.3 is 0 Å². The van der Waals surface area contributed by atoms with E-state index in [1.165, 1.54) is 0 Å². The second-order valence-corrected chi connectivity index (χ2v) is 6.98. The van der Waals surface area contributed by atoms with Gasteiger partial charge in [-0.3, -0.25) is 0 Å². The van der Waals surface area contributed by atoms with Crippen LogP contribution in [0.2, 0.25) is 0 Å². The Bertz CT molecular complexity index is 239. The largest absolute Gasteiger partial charge is 0.453 e. The highest BCUT2D eigenvalue weighted by atomic mass is 127. The number of halogens is 6. The third-order valence-electron chi connectivity index (χ3n) is 3.07. The van der Waals surface area contributed by atoms with Crippen LogP contribution in [0.5, 0.6) is 0 Å². The summed E-state index contributed by atoms with van der Waals surface area (Å²) in [5.74, 6) is -4.59. The average Bonchev–Trinajstić information content (AvgIpc) is 2.22. The first-order chi connectivity index (χ1) is 8.08. The number of unbranched alkanes of at least 4 members (excludes halogenated alkanes) is 3. The second kappa shape index (κ2) is 7.24. The molecule has 1 unspecified atom stereocenters. The van der Waals surface area contributed by atoms with Crippen molar-refractivity contribution in [3.8, 4) is 0 Å². The third kappa shape index (κ3) is 6.02. The van der Waals surface area contributed by atoms with Crippen molar-refractivity contribution in [2.24, 2.45) is 0 Å². The fraction of sp³-hybridized carbons (Fsp3) is 1.00. The summed E-state index contributed by atoms with van der Waals surface area (Å²) in [5, 5.41) is 0. The molecule has 0 saturated heterocycles. The molecule has 0 fully saturated rings. The molecule has 0 aliphatic rings. The normalized spacial score (nSPS) is 16.7. The van der Waals surface area contributed by atoms with Gasteiger partial charge in [-0.25, -0.2) is 0 Å². The Kier molecular flexibility index (Phi) is 7.39. The van der Waals surface area contributed by atoms with Gasteiger partial charge in [-0.05, 0) is 12.8 Å². The lowest BCUT2D eigenvalue weighted by molar-refractivity contribution is -0.286. The SMILES string of the molecule is CCCCCCC(I)(CC)CC(F)(F)C(F)(F)F. The maximum atomic E-state index is 13.1. The van der Waals surface area contributed by atoms with Crippen molar-refractivity contribution in [3.63, 3.8) is 0 Å². The molecule has 0 bridgehead atoms. The summed E-state index contributed by atoms with van der Waals surface area (Å²) < 4.78 is 61.7. The van der Waals surface area contributed by atoms with E-state index in [-0.39, 0.29) is 0 Å². The van der Waals surface area contributed by atoms with E-state index in [1.807, 2.05) is 6.92 Å². The fourth-order valence-corrected chi connectivity index (χ4v) is 2.62. The molecule has 6 heteroatoms. The van der Waals surface area contributed by atoms with Crippen LogP contribution in [0.4, 0.5) is 22.0 Å². The van der Waals surface area contributed by atoms with Gasteiger partial charge in [0, 0.05) is 9.84 Å². The molecule has 0 amide bonds. The molecule has 0 aliphatic heterocycles. The molecule has 0 aromatic heterocycles. The van der Waals surface area contributed by atoms with Gasteiger partial charge in [0.05, 0.1) is 0 Å². The van der Waals surface area contributed by atoms with E-state index >= 15 is 0 Å². The molecule has 0 aliphatic carbocycles. The van der Waals surface area contributed by atoms with E-state index in [0.29, 0.717) is 19.3 Å². The van der Waals surface area contributed by atoms with E-state index in [4.69, 9.17) is 0 Å². The summed E-state index contributed by atoms with van der Waals surface area (Å²) >= 11 is 1.78. The van der Waals surface area contributed by atoms with Gasteiger partial charge in [0.1, 0.15) is 0 Å². The molecule has 0 rings (SSSR count). The van der Waals surface area contributed by atoms with Gasteiger partial charge in [-0.1, -0.05) is 62.1 Å². The molecule has 0 nitrogen and oxygen atoms in total. The molecule has 18 heavy (non-hydrogen) atoms. The second-order valence-electron chi connectivity index (χ2n) is 4.69. The molecule has 0 spiro atoms. The Balaban J connectivity index is 4.47. The van der Waals surface area contributed by atoms with Gasteiger partial charge in [-0.15, -0.1) is 0 Å². The van der Waals surface area contributed by atoms with E-state index < -0.39 is 21.9 Å². The van der Waals surface area contributed by atoms with Crippen molar-refractivity contribution in [2.45, 2.75) is 74.3 Å². The summed E-state index contributed by atoms with van der Waals surface area (Å²) in [6.45, 7) is 3.69. The zero-order chi connectivity index (χ0) is 14.4. The quantitative estimate of drug-likeness (QED) is 0.204. The predicted octanol–water partition coefficient (Wildman–Crippen LogP) is 6.13. The number of hydrogen-bond donors (Lipinski definition) is 0. The molecule has 110 valence electrons. The van der Waals surface area contributed by atoms with Gasteiger partial charge in [0.15, 0.2) is 0 Å². The molecule has 0 radical (unpaired) electrons.